The second kappa shape index (κ2) is 7.77. The molecule has 0 atom stereocenters. The van der Waals surface area contributed by atoms with E-state index in [1.54, 1.807) is 18.3 Å². The van der Waals surface area contributed by atoms with Crippen LogP contribution in [0.5, 0.6) is 0 Å². The lowest BCUT2D eigenvalue weighted by Gasteiger charge is -2.07. The van der Waals surface area contributed by atoms with E-state index in [1.807, 2.05) is 0 Å². The van der Waals surface area contributed by atoms with Crippen molar-refractivity contribution in [3.05, 3.63) is 47.0 Å². The fourth-order valence-corrected chi connectivity index (χ4v) is 2.06. The van der Waals surface area contributed by atoms with Crippen LogP contribution < -0.4 is 10.6 Å². The maximum absolute atomic E-state index is 13.6. The molecule has 1 heterocycles. The van der Waals surface area contributed by atoms with Gasteiger partial charge in [-0.2, -0.15) is 5.10 Å². The van der Waals surface area contributed by atoms with Gasteiger partial charge in [0.2, 0.25) is 5.91 Å². The van der Waals surface area contributed by atoms with Gasteiger partial charge >= 0.3 is 0 Å². The van der Waals surface area contributed by atoms with E-state index in [9.17, 15) is 9.18 Å². The van der Waals surface area contributed by atoms with Crippen LogP contribution in [0.15, 0.2) is 30.6 Å². The quantitative estimate of drug-likeness (QED) is 0.718. The van der Waals surface area contributed by atoms with Crippen molar-refractivity contribution < 1.29 is 14.3 Å². The Kier molecular flexibility index (Phi) is 5.74. The van der Waals surface area contributed by atoms with Crippen LogP contribution in [0.4, 0.5) is 10.1 Å². The number of hydrogen-bond acceptors (Lipinski definition) is 4. The molecule has 0 spiro atoms. The average molecular weight is 327 g/mol. The average Bonchev–Trinajstić information content (AvgIpc) is 2.92. The molecule has 0 fully saturated rings. The number of benzene rings is 1. The summed E-state index contributed by atoms with van der Waals surface area (Å²) in [5.74, 6) is -0.628. The first-order chi connectivity index (χ1) is 10.6. The summed E-state index contributed by atoms with van der Waals surface area (Å²) in [6, 6.07) is 4.51. The van der Waals surface area contributed by atoms with Gasteiger partial charge in [0.05, 0.1) is 18.5 Å². The van der Waals surface area contributed by atoms with Crippen molar-refractivity contribution in [2.24, 2.45) is 0 Å². The molecule has 1 aromatic heterocycles. The summed E-state index contributed by atoms with van der Waals surface area (Å²) in [5, 5.41) is 18.5. The van der Waals surface area contributed by atoms with Crippen molar-refractivity contribution in [3.8, 4) is 0 Å². The van der Waals surface area contributed by atoms with E-state index in [-0.39, 0.29) is 38.0 Å². The van der Waals surface area contributed by atoms with Gasteiger partial charge in [0.25, 0.3) is 0 Å². The third-order valence-corrected chi connectivity index (χ3v) is 3.26. The summed E-state index contributed by atoms with van der Waals surface area (Å²) in [4.78, 5) is 11.5. The Hall–Kier alpha value is -2.12. The van der Waals surface area contributed by atoms with Gasteiger partial charge in [-0.3, -0.25) is 9.48 Å². The lowest BCUT2D eigenvalue weighted by molar-refractivity contribution is -0.122. The molecule has 0 radical (unpaired) electrons. The maximum atomic E-state index is 13.6. The number of hydrogen-bond donors (Lipinski definition) is 3. The number of nitrogens with one attached hydrogen (secondary N) is 2. The highest BCUT2D eigenvalue weighted by Crippen LogP contribution is 2.20. The Bertz CT molecular complexity index is 627. The zero-order valence-electron chi connectivity index (χ0n) is 11.7. The molecule has 6 nitrogen and oxygen atoms in total. The Labute approximate surface area is 131 Å². The minimum Gasteiger partial charge on any atom is -0.395 e. The number of carbonyl (C=O) groups is 1. The summed E-state index contributed by atoms with van der Waals surface area (Å²) in [6.07, 6.45) is 3.17. The van der Waals surface area contributed by atoms with E-state index in [2.05, 4.69) is 15.7 Å². The minimum absolute atomic E-state index is 0.0438. The van der Waals surface area contributed by atoms with Crippen LogP contribution >= 0.6 is 11.6 Å². The first kappa shape index (κ1) is 16.3. The number of aliphatic hydroxyl groups is 1. The highest BCUT2D eigenvalue weighted by molar-refractivity contribution is 6.31. The van der Waals surface area contributed by atoms with Crippen molar-refractivity contribution in [1.82, 2.24) is 15.1 Å². The molecule has 0 aliphatic heterocycles. The normalized spacial score (nSPS) is 10.5. The summed E-state index contributed by atoms with van der Waals surface area (Å²) >= 11 is 5.94. The molecule has 1 aromatic carbocycles. The predicted molar refractivity (Wildman–Crippen MR) is 81.1 cm³/mol. The molecule has 2 rings (SSSR count). The number of aliphatic hydroxyl groups excluding tert-OH is 1. The second-order valence-corrected chi connectivity index (χ2v) is 4.96. The van der Waals surface area contributed by atoms with Crippen LogP contribution in [-0.2, 0) is 17.9 Å². The molecule has 0 bridgehead atoms. The van der Waals surface area contributed by atoms with Gasteiger partial charge in [0, 0.05) is 29.9 Å². The molecule has 0 unspecified atom stereocenters. The van der Waals surface area contributed by atoms with Gasteiger partial charge in [-0.15, -0.1) is 0 Å². The molecule has 22 heavy (non-hydrogen) atoms. The number of rotatable bonds is 7. The van der Waals surface area contributed by atoms with Crippen LogP contribution in [0.1, 0.15) is 5.56 Å². The Morgan fingerprint density at radius 3 is 3.00 bits per heavy atom. The summed E-state index contributed by atoms with van der Waals surface area (Å²) in [6.45, 7) is 0.355. The standard InChI is InChI=1S/C14H16ClFN4O2/c15-12-2-1-3-13(16)11(12)7-18-10-6-19-20(8-10)9-14(22)17-4-5-21/h1-3,6,8,18,21H,4-5,7,9H2,(H,17,22). The van der Waals surface area contributed by atoms with Crippen molar-refractivity contribution in [3.63, 3.8) is 0 Å². The fraction of sp³-hybridized carbons (Fsp3) is 0.286. The molecule has 3 N–H and O–H groups in total. The molecule has 0 saturated heterocycles. The van der Waals surface area contributed by atoms with Crippen LogP contribution in [-0.4, -0.2) is 33.9 Å². The first-order valence-corrected chi connectivity index (χ1v) is 7.04. The predicted octanol–water partition coefficient (Wildman–Crippen LogP) is 1.40. The minimum atomic E-state index is -0.379. The van der Waals surface area contributed by atoms with Gasteiger partial charge in [0.1, 0.15) is 12.4 Å². The van der Waals surface area contributed by atoms with Crippen molar-refractivity contribution in [1.29, 1.82) is 0 Å². The molecule has 8 heteroatoms. The van der Waals surface area contributed by atoms with Crippen molar-refractivity contribution in [2.75, 3.05) is 18.5 Å². The van der Waals surface area contributed by atoms with Gasteiger partial charge in [-0.1, -0.05) is 17.7 Å². The summed E-state index contributed by atoms with van der Waals surface area (Å²) in [5.41, 5.74) is 1.02. The number of anilines is 1. The smallest absolute Gasteiger partial charge is 0.241 e. The molecular weight excluding hydrogens is 311 g/mol. The summed E-state index contributed by atoms with van der Waals surface area (Å²) in [7, 11) is 0. The monoisotopic (exact) mass is 326 g/mol. The van der Waals surface area contributed by atoms with E-state index < -0.39 is 0 Å². The number of amides is 1. The third kappa shape index (κ3) is 4.44. The number of halogens is 2. The summed E-state index contributed by atoms with van der Waals surface area (Å²) < 4.78 is 15.1. The Morgan fingerprint density at radius 2 is 2.27 bits per heavy atom. The Balaban J connectivity index is 1.91. The second-order valence-electron chi connectivity index (χ2n) is 4.55. The van der Waals surface area contributed by atoms with Gasteiger partial charge in [-0.05, 0) is 12.1 Å². The van der Waals surface area contributed by atoms with Gasteiger partial charge in [-0.25, -0.2) is 4.39 Å². The highest BCUT2D eigenvalue weighted by atomic mass is 35.5. The van der Waals surface area contributed by atoms with Crippen LogP contribution in [0.25, 0.3) is 0 Å². The molecule has 1 amide bonds. The lowest BCUT2D eigenvalue weighted by atomic mass is 10.2. The van der Waals surface area contributed by atoms with Gasteiger partial charge in [0.15, 0.2) is 0 Å². The zero-order valence-corrected chi connectivity index (χ0v) is 12.5. The van der Waals surface area contributed by atoms with Crippen molar-refractivity contribution in [2.45, 2.75) is 13.1 Å². The van der Waals surface area contributed by atoms with E-state index >= 15 is 0 Å². The maximum Gasteiger partial charge on any atom is 0.241 e. The van der Waals surface area contributed by atoms with E-state index in [4.69, 9.17) is 16.7 Å². The molecule has 2 aromatic rings. The fourth-order valence-electron chi connectivity index (χ4n) is 1.83. The highest BCUT2D eigenvalue weighted by Gasteiger charge is 2.08. The van der Waals surface area contributed by atoms with Crippen LogP contribution in [0, 0.1) is 5.82 Å². The molecule has 0 saturated carbocycles. The molecular formula is C14H16ClFN4O2. The van der Waals surface area contributed by atoms with E-state index in [0.29, 0.717) is 16.3 Å². The lowest BCUT2D eigenvalue weighted by Crippen LogP contribution is -2.30. The zero-order chi connectivity index (χ0) is 15.9. The SMILES string of the molecule is O=C(Cn1cc(NCc2c(F)cccc2Cl)cn1)NCCO. The first-order valence-electron chi connectivity index (χ1n) is 6.67. The van der Waals surface area contributed by atoms with Crippen molar-refractivity contribution >= 4 is 23.2 Å². The number of nitrogens with zero attached hydrogens (tertiary/aromatic N) is 2. The van der Waals surface area contributed by atoms with Crippen LogP contribution in [0.3, 0.4) is 0 Å². The number of aromatic nitrogens is 2. The van der Waals surface area contributed by atoms with E-state index in [0.717, 1.165) is 0 Å². The topological polar surface area (TPSA) is 79.2 Å². The Morgan fingerprint density at radius 1 is 1.45 bits per heavy atom. The van der Waals surface area contributed by atoms with Crippen LogP contribution in [0.2, 0.25) is 5.02 Å². The number of carbonyl (C=O) groups excluding carboxylic acids is 1. The molecule has 0 aliphatic carbocycles. The molecule has 118 valence electrons. The molecule has 0 aliphatic rings. The largest absolute Gasteiger partial charge is 0.395 e. The van der Waals surface area contributed by atoms with E-state index in [1.165, 1.54) is 16.9 Å². The third-order valence-electron chi connectivity index (χ3n) is 2.90. The van der Waals surface area contributed by atoms with Gasteiger partial charge < -0.3 is 15.7 Å².